The summed E-state index contributed by atoms with van der Waals surface area (Å²) in [5.74, 6) is -2.43. The molecule has 5 rings (SSSR count). The first-order chi connectivity index (χ1) is 15.8. The van der Waals surface area contributed by atoms with Crippen molar-refractivity contribution < 1.29 is 23.5 Å². The highest BCUT2D eigenvalue weighted by Gasteiger charge is 2.43. The number of hydrogen-bond donors (Lipinski definition) is 5. The first-order valence-electron chi connectivity index (χ1n) is 9.80. The Balaban J connectivity index is 1.55. The van der Waals surface area contributed by atoms with Crippen molar-refractivity contribution in [2.45, 2.75) is 12.5 Å². The molecule has 3 amide bonds. The van der Waals surface area contributed by atoms with E-state index in [2.05, 4.69) is 30.9 Å². The van der Waals surface area contributed by atoms with Gasteiger partial charge in [-0.05, 0) is 36.8 Å². The fraction of sp³-hybridized carbons (Fsp3) is 0.0909. The van der Waals surface area contributed by atoms with Gasteiger partial charge in [0.2, 0.25) is 5.88 Å². The van der Waals surface area contributed by atoms with E-state index in [1.807, 2.05) is 0 Å². The summed E-state index contributed by atoms with van der Waals surface area (Å²) in [5.41, 5.74) is -0.311. The van der Waals surface area contributed by atoms with Crippen LogP contribution in [0.25, 0.3) is 22.3 Å². The molecule has 33 heavy (non-hydrogen) atoms. The number of nitrogens with zero attached hydrogens (tertiary/aromatic N) is 2. The lowest BCUT2D eigenvalue weighted by molar-refractivity contribution is -0.123. The third kappa shape index (κ3) is 3.30. The van der Waals surface area contributed by atoms with Crippen LogP contribution in [0.4, 0.5) is 25.1 Å². The largest absolute Gasteiger partial charge is 0.494 e. The maximum absolute atomic E-state index is 14.3. The van der Waals surface area contributed by atoms with Gasteiger partial charge in [0.05, 0.1) is 11.1 Å². The predicted molar refractivity (Wildman–Crippen MR) is 115 cm³/mol. The molecule has 0 radical (unpaired) electrons. The van der Waals surface area contributed by atoms with Crippen LogP contribution in [0.1, 0.15) is 12.5 Å². The van der Waals surface area contributed by atoms with Crippen molar-refractivity contribution in [1.82, 2.24) is 25.6 Å². The topological polar surface area (TPSA) is 132 Å². The number of nitrogens with one attached hydrogen (secondary N) is 4. The highest BCUT2D eigenvalue weighted by Crippen LogP contribution is 2.34. The van der Waals surface area contributed by atoms with E-state index in [0.717, 1.165) is 12.1 Å². The highest BCUT2D eigenvalue weighted by atomic mass is 19.1. The van der Waals surface area contributed by atoms with Crippen LogP contribution in [0.3, 0.4) is 0 Å². The molecule has 166 valence electrons. The second kappa shape index (κ2) is 7.26. The van der Waals surface area contributed by atoms with Gasteiger partial charge in [0.15, 0.2) is 5.82 Å². The highest BCUT2D eigenvalue weighted by molar-refractivity contribution is 6.07. The van der Waals surface area contributed by atoms with Crippen molar-refractivity contribution in [2.24, 2.45) is 0 Å². The number of halogens is 2. The number of aromatic nitrogens is 3. The second-order valence-corrected chi connectivity index (χ2v) is 7.63. The van der Waals surface area contributed by atoms with Crippen LogP contribution < -0.4 is 16.0 Å². The predicted octanol–water partition coefficient (Wildman–Crippen LogP) is 3.41. The zero-order valence-electron chi connectivity index (χ0n) is 17.0. The van der Waals surface area contributed by atoms with Crippen molar-refractivity contribution in [3.63, 3.8) is 0 Å². The van der Waals surface area contributed by atoms with E-state index in [9.17, 15) is 23.5 Å². The van der Waals surface area contributed by atoms with Gasteiger partial charge < -0.3 is 20.7 Å². The maximum atomic E-state index is 14.3. The van der Waals surface area contributed by atoms with E-state index < -0.39 is 34.7 Å². The Kier molecular flexibility index (Phi) is 4.48. The molecule has 11 heteroatoms. The fourth-order valence-electron chi connectivity index (χ4n) is 3.71. The molecule has 0 bridgehead atoms. The van der Waals surface area contributed by atoms with E-state index >= 15 is 0 Å². The Morgan fingerprint density at radius 2 is 1.73 bits per heavy atom. The molecule has 2 aromatic carbocycles. The molecule has 0 saturated carbocycles. The Hall–Kier alpha value is -4.54. The van der Waals surface area contributed by atoms with Crippen LogP contribution in [0.2, 0.25) is 0 Å². The lowest BCUT2D eigenvalue weighted by atomic mass is 9.92. The summed E-state index contributed by atoms with van der Waals surface area (Å²) < 4.78 is 28.7. The van der Waals surface area contributed by atoms with Gasteiger partial charge in [-0.3, -0.25) is 10.1 Å². The molecule has 2 aromatic heterocycles. The summed E-state index contributed by atoms with van der Waals surface area (Å²) in [7, 11) is 0. The van der Waals surface area contributed by atoms with Gasteiger partial charge in [0.25, 0.3) is 5.91 Å². The van der Waals surface area contributed by atoms with E-state index in [0.29, 0.717) is 11.3 Å². The summed E-state index contributed by atoms with van der Waals surface area (Å²) in [4.78, 5) is 34.7. The second-order valence-electron chi connectivity index (χ2n) is 7.63. The molecule has 0 aliphatic carbocycles. The average molecular weight is 450 g/mol. The molecule has 1 aliphatic heterocycles. The number of benzene rings is 2. The number of rotatable bonds is 4. The van der Waals surface area contributed by atoms with Crippen molar-refractivity contribution in [3.8, 4) is 17.3 Å². The molecule has 1 aliphatic rings. The van der Waals surface area contributed by atoms with Crippen LogP contribution in [0.5, 0.6) is 5.88 Å². The fourth-order valence-corrected chi connectivity index (χ4v) is 3.71. The van der Waals surface area contributed by atoms with Crippen molar-refractivity contribution >= 4 is 34.3 Å². The van der Waals surface area contributed by atoms with Gasteiger partial charge in [-0.1, -0.05) is 18.2 Å². The summed E-state index contributed by atoms with van der Waals surface area (Å²) in [6, 6.07) is 9.42. The van der Waals surface area contributed by atoms with E-state index in [4.69, 9.17) is 0 Å². The first-order valence-corrected chi connectivity index (χ1v) is 9.80. The van der Waals surface area contributed by atoms with Crippen molar-refractivity contribution in [3.05, 3.63) is 65.9 Å². The standard InChI is InChI=1S/C22H16F2N6O3/c1-22(20(32)29-21(33)30-22)10-5-7-11(8-6-10)26-18-16-14(9-25-19(16)31)27-17(28-18)15-12(23)3-2-4-13(15)24/h2-9,25,31H,1H3,(H,26,27,28)(H2,29,30,32,33). The molecule has 1 saturated heterocycles. The Bertz CT molecular complexity index is 1420. The molecular weight excluding hydrogens is 434 g/mol. The minimum Gasteiger partial charge on any atom is -0.494 e. The minimum absolute atomic E-state index is 0.113. The van der Waals surface area contributed by atoms with Gasteiger partial charge in [-0.15, -0.1) is 0 Å². The number of H-pyrrole nitrogens is 1. The van der Waals surface area contributed by atoms with Gasteiger partial charge >= 0.3 is 6.03 Å². The maximum Gasteiger partial charge on any atom is 0.322 e. The summed E-state index contributed by atoms with van der Waals surface area (Å²) in [6.07, 6.45) is 1.39. The van der Waals surface area contributed by atoms with Crippen molar-refractivity contribution in [2.75, 3.05) is 5.32 Å². The van der Waals surface area contributed by atoms with Gasteiger partial charge in [0, 0.05) is 11.9 Å². The lowest BCUT2D eigenvalue weighted by Crippen LogP contribution is -2.40. The number of carbonyl (C=O) groups excluding carboxylic acids is 2. The quantitative estimate of drug-likeness (QED) is 0.303. The normalized spacial score (nSPS) is 17.8. The Morgan fingerprint density at radius 1 is 1.03 bits per heavy atom. The number of aromatic hydroxyl groups is 1. The lowest BCUT2D eigenvalue weighted by Gasteiger charge is -2.21. The van der Waals surface area contributed by atoms with Crippen LogP contribution in [-0.2, 0) is 10.3 Å². The molecule has 3 heterocycles. The molecule has 0 spiro atoms. The molecule has 1 atom stereocenters. The number of aromatic amines is 1. The number of imide groups is 1. The van der Waals surface area contributed by atoms with Crippen LogP contribution in [0.15, 0.2) is 48.7 Å². The van der Waals surface area contributed by atoms with E-state index in [1.54, 1.807) is 31.2 Å². The summed E-state index contributed by atoms with van der Waals surface area (Å²) in [5, 5.41) is 18.2. The van der Waals surface area contributed by atoms with E-state index in [1.165, 1.54) is 12.3 Å². The average Bonchev–Trinajstić information content (AvgIpc) is 3.27. The van der Waals surface area contributed by atoms with Crippen LogP contribution >= 0.6 is 0 Å². The molecule has 4 aromatic rings. The zero-order chi connectivity index (χ0) is 23.3. The van der Waals surface area contributed by atoms with Gasteiger partial charge in [0.1, 0.15) is 28.4 Å². The molecule has 5 N–H and O–H groups in total. The van der Waals surface area contributed by atoms with Gasteiger partial charge in [-0.2, -0.15) is 0 Å². The number of carbonyl (C=O) groups is 2. The molecule has 1 unspecified atom stereocenters. The SMILES string of the molecule is CC1(c2ccc(Nc3nc(-c4c(F)cccc4F)nc4c[nH]c(O)c34)cc2)NC(=O)NC1=O. The molecule has 9 nitrogen and oxygen atoms in total. The summed E-state index contributed by atoms with van der Waals surface area (Å²) >= 11 is 0. The monoisotopic (exact) mass is 450 g/mol. The Morgan fingerprint density at radius 3 is 2.36 bits per heavy atom. The third-order valence-corrected chi connectivity index (χ3v) is 5.48. The molecular formula is C22H16F2N6O3. The van der Waals surface area contributed by atoms with Crippen molar-refractivity contribution in [1.29, 1.82) is 0 Å². The van der Waals surface area contributed by atoms with Gasteiger partial charge in [-0.25, -0.2) is 23.5 Å². The molecule has 1 fully saturated rings. The third-order valence-electron chi connectivity index (χ3n) is 5.48. The van der Waals surface area contributed by atoms with Crippen LogP contribution in [0, 0.1) is 11.6 Å². The number of hydrogen-bond acceptors (Lipinski definition) is 6. The smallest absolute Gasteiger partial charge is 0.322 e. The zero-order valence-corrected chi connectivity index (χ0v) is 17.0. The number of fused-ring (bicyclic) bond motifs is 1. The number of anilines is 2. The number of amides is 3. The van der Waals surface area contributed by atoms with Crippen LogP contribution in [-0.4, -0.2) is 32.0 Å². The summed E-state index contributed by atoms with van der Waals surface area (Å²) in [6.45, 7) is 1.58. The van der Waals surface area contributed by atoms with E-state index in [-0.39, 0.29) is 28.4 Å². The first kappa shape index (κ1) is 20.4. The Labute approximate surface area is 184 Å². The minimum atomic E-state index is -1.22. The number of urea groups is 1.